The molecule has 5 nitrogen and oxygen atoms in total. The summed E-state index contributed by atoms with van der Waals surface area (Å²) < 4.78 is 36.5. The third-order valence-corrected chi connectivity index (χ3v) is 4.03. The second-order valence-electron chi connectivity index (χ2n) is 4.87. The van der Waals surface area contributed by atoms with Crippen LogP contribution in [0.3, 0.4) is 0 Å². The van der Waals surface area contributed by atoms with E-state index in [1.807, 2.05) is 0 Å². The van der Waals surface area contributed by atoms with Gasteiger partial charge in [0, 0.05) is 0 Å². The minimum absolute atomic E-state index is 0. The van der Waals surface area contributed by atoms with Crippen molar-refractivity contribution >= 4 is 16.1 Å². The zero-order valence-corrected chi connectivity index (χ0v) is 16.1. The SMILES string of the molecule is CCCCCCCCOC(=O)c1ccccc1S(=O)(=O)O.[H-].[Na+]. The maximum Gasteiger partial charge on any atom is 1.00 e. The summed E-state index contributed by atoms with van der Waals surface area (Å²) in [6.07, 6.45) is 6.41. The van der Waals surface area contributed by atoms with Crippen molar-refractivity contribution < 1.29 is 53.5 Å². The molecule has 1 aromatic rings. The van der Waals surface area contributed by atoms with Gasteiger partial charge in [0.15, 0.2) is 0 Å². The van der Waals surface area contributed by atoms with Crippen LogP contribution in [0.25, 0.3) is 0 Å². The molecule has 0 saturated carbocycles. The molecule has 0 aliphatic rings. The second kappa shape index (κ2) is 11.2. The van der Waals surface area contributed by atoms with Crippen molar-refractivity contribution in [1.82, 2.24) is 0 Å². The van der Waals surface area contributed by atoms with E-state index in [4.69, 9.17) is 9.29 Å². The molecule has 0 atom stereocenters. The summed E-state index contributed by atoms with van der Waals surface area (Å²) in [5, 5.41) is 0. The summed E-state index contributed by atoms with van der Waals surface area (Å²) in [7, 11) is -4.42. The Morgan fingerprint density at radius 2 is 1.73 bits per heavy atom. The normalized spacial score (nSPS) is 10.8. The quantitative estimate of drug-likeness (QED) is 0.308. The van der Waals surface area contributed by atoms with Gasteiger partial charge in [-0.2, -0.15) is 8.42 Å². The molecule has 22 heavy (non-hydrogen) atoms. The van der Waals surface area contributed by atoms with E-state index in [0.717, 1.165) is 19.3 Å². The summed E-state index contributed by atoms with van der Waals surface area (Å²) >= 11 is 0. The van der Waals surface area contributed by atoms with Crippen LogP contribution in [0.1, 0.15) is 57.2 Å². The van der Waals surface area contributed by atoms with Crippen LogP contribution in [-0.4, -0.2) is 25.5 Å². The Kier molecular flexibility index (Phi) is 11.0. The number of esters is 1. The van der Waals surface area contributed by atoms with Crippen LogP contribution in [0.4, 0.5) is 0 Å². The molecule has 0 aromatic heterocycles. The number of ether oxygens (including phenoxy) is 1. The summed E-state index contributed by atoms with van der Waals surface area (Å²) in [5.41, 5.74) is -0.133. The predicted octanol–water partition coefficient (Wildman–Crippen LogP) is 0.567. The Morgan fingerprint density at radius 1 is 1.14 bits per heavy atom. The molecule has 0 spiro atoms. The number of carbonyl (C=O) groups excluding carboxylic acids is 1. The molecular formula is C15H23NaO5S. The van der Waals surface area contributed by atoms with Crippen molar-refractivity contribution in [3.05, 3.63) is 29.8 Å². The Labute approximate surface area is 156 Å². The molecule has 0 fully saturated rings. The Balaban J connectivity index is 0. The predicted molar refractivity (Wildman–Crippen MR) is 81.0 cm³/mol. The second-order valence-corrected chi connectivity index (χ2v) is 6.26. The first-order chi connectivity index (χ1) is 9.96. The first-order valence-corrected chi connectivity index (χ1v) is 8.64. The van der Waals surface area contributed by atoms with Crippen molar-refractivity contribution in [3.8, 4) is 0 Å². The molecule has 0 radical (unpaired) electrons. The number of carbonyl (C=O) groups is 1. The largest absolute Gasteiger partial charge is 1.00 e. The molecule has 0 heterocycles. The van der Waals surface area contributed by atoms with Crippen molar-refractivity contribution in [3.63, 3.8) is 0 Å². The topological polar surface area (TPSA) is 80.7 Å². The fraction of sp³-hybridized carbons (Fsp3) is 0.533. The van der Waals surface area contributed by atoms with Crippen LogP contribution in [0.5, 0.6) is 0 Å². The van der Waals surface area contributed by atoms with Gasteiger partial charge in [-0.15, -0.1) is 0 Å². The first-order valence-electron chi connectivity index (χ1n) is 7.20. The number of rotatable bonds is 9. The zero-order chi connectivity index (χ0) is 15.7. The number of hydrogen-bond acceptors (Lipinski definition) is 4. The summed E-state index contributed by atoms with van der Waals surface area (Å²) in [4.78, 5) is 11.4. The van der Waals surface area contributed by atoms with Gasteiger partial charge in [0.1, 0.15) is 4.90 Å². The number of hydrogen-bond donors (Lipinski definition) is 1. The van der Waals surface area contributed by atoms with Gasteiger partial charge in [0.25, 0.3) is 10.1 Å². The molecule has 120 valence electrons. The fourth-order valence-corrected chi connectivity index (χ4v) is 2.67. The molecule has 1 N–H and O–H groups in total. The van der Waals surface area contributed by atoms with E-state index in [-0.39, 0.29) is 43.2 Å². The maximum absolute atomic E-state index is 11.8. The third kappa shape index (κ3) is 7.74. The van der Waals surface area contributed by atoms with Gasteiger partial charge in [-0.25, -0.2) is 4.79 Å². The standard InChI is InChI=1S/C15H22O5S.Na.H/c1-2-3-4-5-6-9-12-20-15(16)13-10-7-8-11-14(13)21(17,18)19;;/h7-8,10-11H,2-6,9,12H2,1H3,(H,17,18,19);;/q;+1;-1. The molecule has 0 saturated heterocycles. The van der Waals surface area contributed by atoms with Gasteiger partial charge < -0.3 is 6.16 Å². The molecule has 1 aromatic carbocycles. The Hall–Kier alpha value is -0.400. The first kappa shape index (κ1) is 21.6. The van der Waals surface area contributed by atoms with Crippen molar-refractivity contribution in [1.29, 1.82) is 0 Å². The summed E-state index contributed by atoms with van der Waals surface area (Å²) in [6, 6.07) is 5.47. The van der Waals surface area contributed by atoms with E-state index in [1.54, 1.807) is 0 Å². The zero-order valence-electron chi connectivity index (χ0n) is 14.2. The van der Waals surface area contributed by atoms with Gasteiger partial charge >= 0.3 is 35.5 Å². The smallest absolute Gasteiger partial charge is 1.00 e. The minimum Gasteiger partial charge on any atom is -1.00 e. The molecule has 1 rings (SSSR count). The summed E-state index contributed by atoms with van der Waals surface area (Å²) in [5.74, 6) is -0.725. The van der Waals surface area contributed by atoms with E-state index in [0.29, 0.717) is 0 Å². The molecule has 0 amide bonds. The Morgan fingerprint density at radius 3 is 2.36 bits per heavy atom. The average Bonchev–Trinajstić information content (AvgIpc) is 2.45. The van der Waals surface area contributed by atoms with E-state index in [9.17, 15) is 13.2 Å². The van der Waals surface area contributed by atoms with E-state index in [2.05, 4.69) is 6.92 Å². The molecular weight excluding hydrogens is 315 g/mol. The van der Waals surface area contributed by atoms with Gasteiger partial charge in [-0.1, -0.05) is 51.2 Å². The average molecular weight is 338 g/mol. The van der Waals surface area contributed by atoms with E-state index < -0.39 is 21.0 Å². The fourth-order valence-electron chi connectivity index (χ4n) is 1.99. The van der Waals surface area contributed by atoms with Crippen LogP contribution in [0.2, 0.25) is 0 Å². The van der Waals surface area contributed by atoms with E-state index in [1.165, 1.54) is 43.5 Å². The number of benzene rings is 1. The number of unbranched alkanes of at least 4 members (excludes halogenated alkanes) is 5. The van der Waals surface area contributed by atoms with Crippen molar-refractivity contribution in [2.75, 3.05) is 6.61 Å². The molecule has 7 heteroatoms. The third-order valence-electron chi connectivity index (χ3n) is 3.12. The van der Waals surface area contributed by atoms with Gasteiger partial charge in [-0.05, 0) is 18.6 Å². The molecule has 0 aliphatic carbocycles. The minimum atomic E-state index is -4.42. The summed E-state index contributed by atoms with van der Waals surface area (Å²) in [6.45, 7) is 2.40. The van der Waals surface area contributed by atoms with Gasteiger partial charge in [-0.3, -0.25) is 4.55 Å². The van der Waals surface area contributed by atoms with Gasteiger partial charge in [0.2, 0.25) is 0 Å². The van der Waals surface area contributed by atoms with Crippen LogP contribution in [-0.2, 0) is 14.9 Å². The van der Waals surface area contributed by atoms with Crippen molar-refractivity contribution in [2.24, 2.45) is 0 Å². The van der Waals surface area contributed by atoms with Crippen LogP contribution < -0.4 is 29.6 Å². The Bertz CT molecular complexity index is 563. The van der Waals surface area contributed by atoms with Crippen molar-refractivity contribution in [2.45, 2.75) is 50.3 Å². The van der Waals surface area contributed by atoms with Gasteiger partial charge in [0.05, 0.1) is 12.2 Å². The van der Waals surface area contributed by atoms with E-state index >= 15 is 0 Å². The monoisotopic (exact) mass is 338 g/mol. The van der Waals surface area contributed by atoms with Crippen LogP contribution in [0, 0.1) is 0 Å². The molecule has 0 unspecified atom stereocenters. The van der Waals surface area contributed by atoms with Crippen LogP contribution in [0.15, 0.2) is 29.2 Å². The molecule has 0 bridgehead atoms. The maximum atomic E-state index is 11.8. The van der Waals surface area contributed by atoms with Crippen LogP contribution >= 0.6 is 0 Å². The molecule has 0 aliphatic heterocycles.